The molecule has 0 radical (unpaired) electrons. The predicted molar refractivity (Wildman–Crippen MR) is 88.1 cm³/mol. The highest BCUT2D eigenvalue weighted by Crippen LogP contribution is 2.25. The van der Waals surface area contributed by atoms with E-state index in [4.69, 9.17) is 11.6 Å². The lowest BCUT2D eigenvalue weighted by molar-refractivity contribution is 0.417. The largest absolute Gasteiger partial charge is 0.313 e. The molecule has 0 fully saturated rings. The first-order valence-corrected chi connectivity index (χ1v) is 9.06. The number of rotatable bonds is 8. The van der Waals surface area contributed by atoms with Gasteiger partial charge in [0.1, 0.15) is 4.90 Å². The fourth-order valence-electron chi connectivity index (χ4n) is 2.05. The summed E-state index contributed by atoms with van der Waals surface area (Å²) in [6, 6.07) is 5.17. The van der Waals surface area contributed by atoms with E-state index in [0.717, 1.165) is 18.5 Å². The van der Waals surface area contributed by atoms with E-state index in [2.05, 4.69) is 12.2 Å². The third kappa shape index (κ3) is 5.25. The van der Waals surface area contributed by atoms with Crippen LogP contribution in [0, 0.1) is 5.92 Å². The molecule has 0 aliphatic rings. The summed E-state index contributed by atoms with van der Waals surface area (Å²) < 4.78 is 26.5. The van der Waals surface area contributed by atoms with Gasteiger partial charge in [0.25, 0.3) is 0 Å². The second-order valence-electron chi connectivity index (χ2n) is 5.62. The van der Waals surface area contributed by atoms with Crippen molar-refractivity contribution < 1.29 is 8.42 Å². The van der Waals surface area contributed by atoms with Crippen LogP contribution in [0.4, 0.5) is 0 Å². The van der Waals surface area contributed by atoms with Gasteiger partial charge < -0.3 is 5.32 Å². The SMILES string of the molecule is CCCNCc1ccc(Cl)c(S(=O)(=O)N(C)CC(C)C)c1. The molecule has 0 aliphatic carbocycles. The summed E-state index contributed by atoms with van der Waals surface area (Å²) >= 11 is 6.10. The maximum absolute atomic E-state index is 12.6. The van der Waals surface area contributed by atoms with Gasteiger partial charge in [-0.3, -0.25) is 0 Å². The van der Waals surface area contributed by atoms with Crippen molar-refractivity contribution in [2.45, 2.75) is 38.6 Å². The Kier molecular flexibility index (Phi) is 7.13. The summed E-state index contributed by atoms with van der Waals surface area (Å²) in [6.45, 7) is 8.07. The molecule has 0 saturated heterocycles. The lowest BCUT2D eigenvalue weighted by Gasteiger charge is -2.20. The molecule has 1 aromatic rings. The van der Waals surface area contributed by atoms with Gasteiger partial charge in [-0.1, -0.05) is 38.4 Å². The van der Waals surface area contributed by atoms with E-state index in [9.17, 15) is 8.42 Å². The zero-order valence-electron chi connectivity index (χ0n) is 13.2. The van der Waals surface area contributed by atoms with E-state index in [1.54, 1.807) is 19.2 Å². The van der Waals surface area contributed by atoms with Crippen LogP contribution in [0.3, 0.4) is 0 Å². The van der Waals surface area contributed by atoms with Gasteiger partial charge in [0.05, 0.1) is 5.02 Å². The first-order chi connectivity index (χ1) is 9.78. The van der Waals surface area contributed by atoms with E-state index in [1.165, 1.54) is 4.31 Å². The van der Waals surface area contributed by atoms with Crippen LogP contribution < -0.4 is 5.32 Å². The molecule has 6 heteroatoms. The van der Waals surface area contributed by atoms with Crippen LogP contribution in [-0.2, 0) is 16.6 Å². The summed E-state index contributed by atoms with van der Waals surface area (Å²) in [5, 5.41) is 3.53. The zero-order valence-corrected chi connectivity index (χ0v) is 14.8. The van der Waals surface area contributed by atoms with Crippen molar-refractivity contribution in [3.63, 3.8) is 0 Å². The normalized spacial score (nSPS) is 12.3. The summed E-state index contributed by atoms with van der Waals surface area (Å²) in [6.07, 6.45) is 1.04. The number of halogens is 1. The van der Waals surface area contributed by atoms with Crippen LogP contribution in [0.5, 0.6) is 0 Å². The fraction of sp³-hybridized carbons (Fsp3) is 0.600. The molecular formula is C15H25ClN2O2S. The third-order valence-electron chi connectivity index (χ3n) is 3.06. The van der Waals surface area contributed by atoms with Gasteiger partial charge in [-0.2, -0.15) is 0 Å². The molecular weight excluding hydrogens is 308 g/mol. The van der Waals surface area contributed by atoms with Crippen molar-refractivity contribution in [2.75, 3.05) is 20.1 Å². The fourth-order valence-corrected chi connectivity index (χ4v) is 3.90. The Morgan fingerprint density at radius 2 is 2.00 bits per heavy atom. The average Bonchev–Trinajstić information content (AvgIpc) is 2.40. The molecule has 0 bridgehead atoms. The first-order valence-electron chi connectivity index (χ1n) is 7.24. The molecule has 0 aromatic heterocycles. The van der Waals surface area contributed by atoms with E-state index in [0.29, 0.717) is 13.1 Å². The van der Waals surface area contributed by atoms with Crippen molar-refractivity contribution in [2.24, 2.45) is 5.92 Å². The second-order valence-corrected chi connectivity index (χ2v) is 8.04. The Balaban J connectivity index is 3.02. The van der Waals surface area contributed by atoms with Crippen molar-refractivity contribution in [3.05, 3.63) is 28.8 Å². The molecule has 120 valence electrons. The van der Waals surface area contributed by atoms with Gasteiger partial charge in [-0.05, 0) is 36.6 Å². The molecule has 0 spiro atoms. The minimum atomic E-state index is -3.54. The molecule has 1 N–H and O–H groups in total. The van der Waals surface area contributed by atoms with Crippen LogP contribution in [-0.4, -0.2) is 32.9 Å². The van der Waals surface area contributed by atoms with Crippen LogP contribution in [0.25, 0.3) is 0 Å². The van der Waals surface area contributed by atoms with E-state index >= 15 is 0 Å². The van der Waals surface area contributed by atoms with Gasteiger partial charge in [0.15, 0.2) is 0 Å². The van der Waals surface area contributed by atoms with Gasteiger partial charge in [-0.15, -0.1) is 0 Å². The summed E-state index contributed by atoms with van der Waals surface area (Å²) in [4.78, 5) is 0.183. The number of hydrogen-bond donors (Lipinski definition) is 1. The molecule has 1 rings (SSSR count). The van der Waals surface area contributed by atoms with Gasteiger partial charge in [0.2, 0.25) is 10.0 Å². The smallest absolute Gasteiger partial charge is 0.244 e. The lowest BCUT2D eigenvalue weighted by Crippen LogP contribution is -2.30. The topological polar surface area (TPSA) is 49.4 Å². The highest BCUT2D eigenvalue weighted by Gasteiger charge is 2.24. The maximum Gasteiger partial charge on any atom is 0.244 e. The standard InChI is InChI=1S/C15H25ClN2O2S/c1-5-8-17-10-13-6-7-14(16)15(9-13)21(19,20)18(4)11-12(2)3/h6-7,9,12,17H,5,8,10-11H2,1-4H3. The average molecular weight is 333 g/mol. The second kappa shape index (κ2) is 8.13. The third-order valence-corrected chi connectivity index (χ3v) is 5.37. The maximum atomic E-state index is 12.6. The van der Waals surface area contributed by atoms with Crippen LogP contribution in [0.15, 0.2) is 23.1 Å². The van der Waals surface area contributed by atoms with Gasteiger partial charge in [-0.25, -0.2) is 12.7 Å². The molecule has 21 heavy (non-hydrogen) atoms. The lowest BCUT2D eigenvalue weighted by atomic mass is 10.2. The quantitative estimate of drug-likeness (QED) is 0.744. The zero-order chi connectivity index (χ0) is 16.0. The van der Waals surface area contributed by atoms with Crippen molar-refractivity contribution in [1.82, 2.24) is 9.62 Å². The number of nitrogens with zero attached hydrogens (tertiary/aromatic N) is 1. The van der Waals surface area contributed by atoms with Crippen LogP contribution in [0.1, 0.15) is 32.8 Å². The molecule has 4 nitrogen and oxygen atoms in total. The molecule has 0 unspecified atom stereocenters. The molecule has 0 aliphatic heterocycles. The Hall–Kier alpha value is -0.620. The molecule has 0 heterocycles. The Morgan fingerprint density at radius 1 is 1.33 bits per heavy atom. The first kappa shape index (κ1) is 18.4. The summed E-state index contributed by atoms with van der Waals surface area (Å²) in [7, 11) is -1.95. The van der Waals surface area contributed by atoms with Gasteiger partial charge >= 0.3 is 0 Å². The highest BCUT2D eigenvalue weighted by atomic mass is 35.5. The van der Waals surface area contributed by atoms with Crippen molar-refractivity contribution in [3.8, 4) is 0 Å². The Labute approximate surface area is 133 Å². The number of benzene rings is 1. The monoisotopic (exact) mass is 332 g/mol. The Bertz CT molecular complexity index is 559. The van der Waals surface area contributed by atoms with E-state index < -0.39 is 10.0 Å². The van der Waals surface area contributed by atoms with Crippen molar-refractivity contribution in [1.29, 1.82) is 0 Å². The summed E-state index contributed by atoms with van der Waals surface area (Å²) in [5.74, 6) is 0.262. The van der Waals surface area contributed by atoms with E-state index in [1.807, 2.05) is 19.9 Å². The molecule has 1 aromatic carbocycles. The number of sulfonamides is 1. The minimum absolute atomic E-state index is 0.183. The highest BCUT2D eigenvalue weighted by molar-refractivity contribution is 7.89. The van der Waals surface area contributed by atoms with E-state index in [-0.39, 0.29) is 15.8 Å². The number of nitrogens with one attached hydrogen (secondary N) is 1. The van der Waals surface area contributed by atoms with Gasteiger partial charge in [0, 0.05) is 20.1 Å². The van der Waals surface area contributed by atoms with Crippen LogP contribution >= 0.6 is 11.6 Å². The predicted octanol–water partition coefficient (Wildman–Crippen LogP) is 3.12. The van der Waals surface area contributed by atoms with Crippen LogP contribution in [0.2, 0.25) is 5.02 Å². The molecule has 0 amide bonds. The minimum Gasteiger partial charge on any atom is -0.313 e. The number of hydrogen-bond acceptors (Lipinski definition) is 3. The molecule has 0 saturated carbocycles. The summed E-state index contributed by atoms with van der Waals surface area (Å²) in [5.41, 5.74) is 0.921. The molecule has 0 atom stereocenters. The van der Waals surface area contributed by atoms with Crippen molar-refractivity contribution >= 4 is 21.6 Å². The Morgan fingerprint density at radius 3 is 2.57 bits per heavy atom.